The van der Waals surface area contributed by atoms with Crippen molar-refractivity contribution >= 4 is 6.16 Å². The normalized spacial score (nSPS) is 15.2. The number of ether oxygens (including phenoxy) is 2. The molecule has 16 heavy (non-hydrogen) atoms. The highest BCUT2D eigenvalue weighted by Gasteiger charge is 2.18. The first-order valence-corrected chi connectivity index (χ1v) is 4.91. The fourth-order valence-electron chi connectivity index (χ4n) is 1.17. The standard InChI is InChI=1S/C10H13NO5/c1-7(2)15-10(12)16-9-5-3-8(4-6-9)11(13)14/h3,5,7H,4,6H2,1-2H3. The molecule has 0 aromatic rings. The van der Waals surface area contributed by atoms with Gasteiger partial charge in [0.05, 0.1) is 11.0 Å². The lowest BCUT2D eigenvalue weighted by molar-refractivity contribution is -0.428. The molecule has 0 radical (unpaired) electrons. The van der Waals surface area contributed by atoms with E-state index in [1.54, 1.807) is 13.8 Å². The third-order valence-electron chi connectivity index (χ3n) is 1.87. The van der Waals surface area contributed by atoms with Gasteiger partial charge in [0, 0.05) is 18.9 Å². The van der Waals surface area contributed by atoms with Crippen LogP contribution in [0.25, 0.3) is 0 Å². The molecular weight excluding hydrogens is 214 g/mol. The van der Waals surface area contributed by atoms with Crippen LogP contribution in [-0.2, 0) is 9.47 Å². The van der Waals surface area contributed by atoms with Gasteiger partial charge in [-0.2, -0.15) is 0 Å². The van der Waals surface area contributed by atoms with E-state index in [0.29, 0.717) is 12.2 Å². The first kappa shape index (κ1) is 12.2. The summed E-state index contributed by atoms with van der Waals surface area (Å²) in [5.41, 5.74) is 0.115. The molecule has 0 saturated heterocycles. The summed E-state index contributed by atoms with van der Waals surface area (Å²) in [6.45, 7) is 3.42. The Bertz CT molecular complexity index is 356. The predicted octanol–water partition coefficient (Wildman–Crippen LogP) is 2.39. The van der Waals surface area contributed by atoms with Crippen LogP contribution in [0.15, 0.2) is 23.6 Å². The molecule has 88 valence electrons. The van der Waals surface area contributed by atoms with Crippen LogP contribution >= 0.6 is 0 Å². The van der Waals surface area contributed by atoms with Crippen molar-refractivity contribution in [3.63, 3.8) is 0 Å². The maximum atomic E-state index is 11.1. The molecule has 1 aliphatic carbocycles. The van der Waals surface area contributed by atoms with Gasteiger partial charge in [-0.3, -0.25) is 10.1 Å². The molecule has 0 aromatic carbocycles. The average Bonchev–Trinajstić information content (AvgIpc) is 2.16. The summed E-state index contributed by atoms with van der Waals surface area (Å²) in [5, 5.41) is 10.4. The van der Waals surface area contributed by atoms with E-state index in [1.165, 1.54) is 12.2 Å². The Kier molecular flexibility index (Phi) is 4.04. The fourth-order valence-corrected chi connectivity index (χ4v) is 1.17. The molecular formula is C10H13NO5. The van der Waals surface area contributed by atoms with E-state index < -0.39 is 11.1 Å². The summed E-state index contributed by atoms with van der Waals surface area (Å²) in [4.78, 5) is 21.1. The van der Waals surface area contributed by atoms with Crippen LogP contribution in [0, 0.1) is 10.1 Å². The topological polar surface area (TPSA) is 78.7 Å². The Morgan fingerprint density at radius 3 is 2.56 bits per heavy atom. The predicted molar refractivity (Wildman–Crippen MR) is 55.1 cm³/mol. The van der Waals surface area contributed by atoms with Gasteiger partial charge in [-0.25, -0.2) is 4.79 Å². The van der Waals surface area contributed by atoms with Crippen LogP contribution in [0.5, 0.6) is 0 Å². The number of carbonyl (C=O) groups excluding carboxylic acids is 1. The summed E-state index contributed by atoms with van der Waals surface area (Å²) >= 11 is 0. The van der Waals surface area contributed by atoms with Crippen LogP contribution in [0.3, 0.4) is 0 Å². The van der Waals surface area contributed by atoms with E-state index in [9.17, 15) is 14.9 Å². The molecule has 0 amide bonds. The smallest absolute Gasteiger partial charge is 0.431 e. The van der Waals surface area contributed by atoms with Gasteiger partial charge in [-0.1, -0.05) is 0 Å². The lowest BCUT2D eigenvalue weighted by atomic mass is 10.1. The van der Waals surface area contributed by atoms with Gasteiger partial charge >= 0.3 is 6.16 Å². The number of allylic oxidation sites excluding steroid dienone is 4. The second kappa shape index (κ2) is 5.29. The molecule has 0 fully saturated rings. The number of nitro groups is 1. The van der Waals surface area contributed by atoms with E-state index in [4.69, 9.17) is 9.47 Å². The van der Waals surface area contributed by atoms with E-state index >= 15 is 0 Å². The Balaban J connectivity index is 2.52. The monoisotopic (exact) mass is 227 g/mol. The van der Waals surface area contributed by atoms with Crippen LogP contribution in [0.4, 0.5) is 4.79 Å². The van der Waals surface area contributed by atoms with Crippen LogP contribution in [0.1, 0.15) is 26.7 Å². The number of rotatable bonds is 3. The SMILES string of the molecule is CC(C)OC(=O)OC1=CC=C([N+](=O)[O-])CC1. The lowest BCUT2D eigenvalue weighted by Gasteiger charge is -2.12. The second-order valence-electron chi connectivity index (χ2n) is 3.57. The van der Waals surface area contributed by atoms with Crippen molar-refractivity contribution in [3.05, 3.63) is 33.7 Å². The molecule has 0 aromatic heterocycles. The molecule has 1 rings (SSSR count). The number of hydrogen-bond acceptors (Lipinski definition) is 5. The molecule has 0 spiro atoms. The van der Waals surface area contributed by atoms with Gasteiger partial charge in [-0.05, 0) is 19.9 Å². The van der Waals surface area contributed by atoms with Gasteiger partial charge < -0.3 is 9.47 Å². The minimum atomic E-state index is -0.779. The molecule has 0 bridgehead atoms. The third kappa shape index (κ3) is 3.72. The lowest BCUT2D eigenvalue weighted by Crippen LogP contribution is -2.14. The van der Waals surface area contributed by atoms with Crippen molar-refractivity contribution in [2.24, 2.45) is 0 Å². The first-order chi connectivity index (χ1) is 7.49. The highest BCUT2D eigenvalue weighted by atomic mass is 16.7. The van der Waals surface area contributed by atoms with Gasteiger partial charge in [0.2, 0.25) is 5.70 Å². The van der Waals surface area contributed by atoms with Crippen molar-refractivity contribution in [3.8, 4) is 0 Å². The molecule has 1 aliphatic rings. The minimum Gasteiger partial charge on any atom is -0.431 e. The van der Waals surface area contributed by atoms with Gasteiger partial charge in [0.25, 0.3) is 0 Å². The largest absolute Gasteiger partial charge is 0.513 e. The zero-order chi connectivity index (χ0) is 12.1. The van der Waals surface area contributed by atoms with Crippen LogP contribution in [0.2, 0.25) is 0 Å². The zero-order valence-electron chi connectivity index (χ0n) is 9.13. The summed E-state index contributed by atoms with van der Waals surface area (Å²) in [6.07, 6.45) is 2.32. The number of hydrogen-bond donors (Lipinski definition) is 0. The zero-order valence-corrected chi connectivity index (χ0v) is 9.13. The van der Waals surface area contributed by atoms with Crippen molar-refractivity contribution in [2.75, 3.05) is 0 Å². The number of carbonyl (C=O) groups is 1. The van der Waals surface area contributed by atoms with E-state index in [1.807, 2.05) is 0 Å². The minimum absolute atomic E-state index is 0.115. The molecule has 6 heteroatoms. The Hall–Kier alpha value is -1.85. The summed E-state index contributed by atoms with van der Waals surface area (Å²) in [6, 6.07) is 0. The first-order valence-electron chi connectivity index (χ1n) is 4.91. The van der Waals surface area contributed by atoms with Crippen molar-refractivity contribution in [2.45, 2.75) is 32.8 Å². The van der Waals surface area contributed by atoms with Crippen LogP contribution in [-0.4, -0.2) is 17.2 Å². The molecule has 0 aliphatic heterocycles. The fraction of sp³-hybridized carbons (Fsp3) is 0.500. The number of nitrogens with zero attached hydrogens (tertiary/aromatic N) is 1. The molecule has 6 nitrogen and oxygen atoms in total. The van der Waals surface area contributed by atoms with Crippen molar-refractivity contribution in [1.29, 1.82) is 0 Å². The molecule has 0 saturated carbocycles. The summed E-state index contributed by atoms with van der Waals surface area (Å²) in [7, 11) is 0. The molecule has 0 N–H and O–H groups in total. The van der Waals surface area contributed by atoms with Gasteiger partial charge in [0.1, 0.15) is 5.76 Å². The highest BCUT2D eigenvalue weighted by molar-refractivity contribution is 5.61. The maximum absolute atomic E-state index is 11.1. The quantitative estimate of drug-likeness (QED) is 0.420. The highest BCUT2D eigenvalue weighted by Crippen LogP contribution is 2.19. The maximum Gasteiger partial charge on any atom is 0.513 e. The van der Waals surface area contributed by atoms with E-state index in [0.717, 1.165) is 0 Å². The average molecular weight is 227 g/mol. The van der Waals surface area contributed by atoms with Crippen LogP contribution < -0.4 is 0 Å². The summed E-state index contributed by atoms with van der Waals surface area (Å²) in [5.74, 6) is 0.385. The summed E-state index contributed by atoms with van der Waals surface area (Å²) < 4.78 is 9.63. The Morgan fingerprint density at radius 1 is 1.44 bits per heavy atom. The van der Waals surface area contributed by atoms with Crippen molar-refractivity contribution in [1.82, 2.24) is 0 Å². The molecule has 0 heterocycles. The van der Waals surface area contributed by atoms with E-state index in [-0.39, 0.29) is 18.2 Å². The third-order valence-corrected chi connectivity index (χ3v) is 1.87. The molecule has 0 atom stereocenters. The Labute approximate surface area is 92.7 Å². The van der Waals surface area contributed by atoms with Gasteiger partial charge in [0.15, 0.2) is 0 Å². The Morgan fingerprint density at radius 2 is 2.12 bits per heavy atom. The molecule has 0 unspecified atom stereocenters. The van der Waals surface area contributed by atoms with Crippen molar-refractivity contribution < 1.29 is 19.2 Å². The van der Waals surface area contributed by atoms with E-state index in [2.05, 4.69) is 0 Å². The van der Waals surface area contributed by atoms with Gasteiger partial charge in [-0.15, -0.1) is 0 Å². The second-order valence-corrected chi connectivity index (χ2v) is 3.57.